The van der Waals surface area contributed by atoms with E-state index >= 15 is 0 Å². The van der Waals surface area contributed by atoms with Gasteiger partial charge in [0.25, 0.3) is 0 Å². The highest BCUT2D eigenvalue weighted by atomic mass is 16.7. The lowest BCUT2D eigenvalue weighted by molar-refractivity contribution is -0.327. The minimum absolute atomic E-state index is 0.0598. The molecule has 0 radical (unpaired) electrons. The number of ether oxygens (including phenoxy) is 4. The van der Waals surface area contributed by atoms with Crippen molar-refractivity contribution in [1.82, 2.24) is 0 Å². The average Bonchev–Trinajstić information content (AvgIpc) is 3.48. The summed E-state index contributed by atoms with van der Waals surface area (Å²) in [5.41, 5.74) is 1.42. The lowest BCUT2D eigenvalue weighted by atomic mass is 9.32. The first-order valence-corrected chi connectivity index (χ1v) is 20.6. The predicted molar refractivity (Wildman–Crippen MR) is 195 cm³/mol. The van der Waals surface area contributed by atoms with Crippen LogP contribution in [0.3, 0.4) is 0 Å². The van der Waals surface area contributed by atoms with Crippen LogP contribution in [0.5, 0.6) is 0 Å². The van der Waals surface area contributed by atoms with Crippen molar-refractivity contribution >= 4 is 0 Å². The molecule has 10 nitrogen and oxygen atoms in total. The van der Waals surface area contributed by atoms with Gasteiger partial charge in [0.1, 0.15) is 36.6 Å². The molecule has 0 amide bonds. The molecule has 298 valence electrons. The van der Waals surface area contributed by atoms with E-state index in [1.807, 2.05) is 0 Å². The summed E-state index contributed by atoms with van der Waals surface area (Å²) < 4.78 is 24.9. The molecule has 20 atom stereocenters. The molecule has 7 aliphatic rings. The van der Waals surface area contributed by atoms with Crippen molar-refractivity contribution in [3.8, 4) is 0 Å². The van der Waals surface area contributed by atoms with E-state index in [9.17, 15) is 30.6 Å². The zero-order valence-corrected chi connectivity index (χ0v) is 33.0. The standard InChI is InChI=1S/C42H70O10/c1-21(2)24-12-17-42(20-49-36-34(47)32(45)30(43)22(3)50-36)19-18-40(8)25(29(24)42)10-11-27-39(7)15-14-28(38(5,6)26(39)13-16-41(27,40)9)52-37-35(48)33(46)31(44)23(4)51-37/h22-37,43-48H,1,10-20H2,2-9H3/t22-,23-,24-,25+,26-,27+,28-,29+,30-,31-,32+,33+,34+,35+,36+,37-,39-,40+,41+,42+/m0/s1. The summed E-state index contributed by atoms with van der Waals surface area (Å²) in [6.45, 7) is 23.1. The third-order valence-electron chi connectivity index (χ3n) is 17.6. The highest BCUT2D eigenvalue weighted by Gasteiger charge is 2.71. The molecule has 2 aliphatic heterocycles. The Morgan fingerprint density at radius 3 is 1.90 bits per heavy atom. The number of hydrogen-bond donors (Lipinski definition) is 6. The molecule has 52 heavy (non-hydrogen) atoms. The zero-order valence-electron chi connectivity index (χ0n) is 33.0. The van der Waals surface area contributed by atoms with E-state index in [0.29, 0.717) is 36.2 Å². The van der Waals surface area contributed by atoms with E-state index in [0.717, 1.165) is 51.4 Å². The fraction of sp³-hybridized carbons (Fsp3) is 0.952. The Labute approximate surface area is 311 Å². The molecule has 5 aliphatic carbocycles. The number of aliphatic hydroxyl groups excluding tert-OH is 6. The van der Waals surface area contributed by atoms with Crippen molar-refractivity contribution in [3.05, 3.63) is 12.2 Å². The highest BCUT2D eigenvalue weighted by molar-refractivity contribution is 5.22. The van der Waals surface area contributed by atoms with E-state index in [2.05, 4.69) is 48.1 Å². The van der Waals surface area contributed by atoms with Crippen LogP contribution in [0.2, 0.25) is 0 Å². The molecule has 0 aromatic rings. The summed E-state index contributed by atoms with van der Waals surface area (Å²) in [7, 11) is 0. The van der Waals surface area contributed by atoms with Crippen LogP contribution >= 0.6 is 0 Å². The lowest BCUT2D eigenvalue weighted by Gasteiger charge is -2.73. The third-order valence-corrected chi connectivity index (χ3v) is 17.6. The summed E-state index contributed by atoms with van der Waals surface area (Å²) in [5, 5.41) is 63.1. The molecule has 2 heterocycles. The van der Waals surface area contributed by atoms with E-state index < -0.39 is 61.4 Å². The van der Waals surface area contributed by atoms with Crippen LogP contribution in [0.25, 0.3) is 0 Å². The Kier molecular flexibility index (Phi) is 10.3. The molecular weight excluding hydrogens is 664 g/mol. The number of rotatable bonds is 6. The molecule has 0 aromatic carbocycles. The van der Waals surface area contributed by atoms with Crippen molar-refractivity contribution in [2.75, 3.05) is 6.61 Å². The predicted octanol–water partition coefficient (Wildman–Crippen LogP) is 4.70. The van der Waals surface area contributed by atoms with Gasteiger partial charge in [-0.1, -0.05) is 46.8 Å². The van der Waals surface area contributed by atoms with Crippen LogP contribution in [-0.4, -0.2) is 105 Å². The van der Waals surface area contributed by atoms with Gasteiger partial charge in [-0.25, -0.2) is 0 Å². The molecule has 2 saturated heterocycles. The van der Waals surface area contributed by atoms with E-state index in [1.165, 1.54) is 18.4 Å². The fourth-order valence-electron chi connectivity index (χ4n) is 14.4. The zero-order chi connectivity index (χ0) is 37.9. The second-order valence-electron chi connectivity index (χ2n) is 20.2. The van der Waals surface area contributed by atoms with Crippen LogP contribution in [0.1, 0.15) is 120 Å². The van der Waals surface area contributed by atoms with Gasteiger partial charge in [-0.3, -0.25) is 0 Å². The largest absolute Gasteiger partial charge is 0.388 e. The van der Waals surface area contributed by atoms with Gasteiger partial charge in [-0.15, -0.1) is 0 Å². The number of allylic oxidation sites excluding steroid dienone is 1. The van der Waals surface area contributed by atoms with Crippen LogP contribution in [0, 0.1) is 56.7 Å². The molecule has 0 spiro atoms. The first kappa shape index (κ1) is 39.6. The van der Waals surface area contributed by atoms with Crippen LogP contribution in [-0.2, 0) is 18.9 Å². The molecular formula is C42H70O10. The minimum Gasteiger partial charge on any atom is -0.388 e. The smallest absolute Gasteiger partial charge is 0.186 e. The maximum Gasteiger partial charge on any atom is 0.186 e. The van der Waals surface area contributed by atoms with Crippen molar-refractivity contribution in [2.45, 2.75) is 187 Å². The maximum atomic E-state index is 10.8. The van der Waals surface area contributed by atoms with Crippen molar-refractivity contribution in [2.24, 2.45) is 56.7 Å². The Balaban J connectivity index is 1.12. The van der Waals surface area contributed by atoms with Crippen LogP contribution in [0.4, 0.5) is 0 Å². The quantitative estimate of drug-likeness (QED) is 0.167. The van der Waals surface area contributed by atoms with Crippen LogP contribution < -0.4 is 0 Å². The Morgan fingerprint density at radius 2 is 1.27 bits per heavy atom. The summed E-state index contributed by atoms with van der Waals surface area (Å²) in [4.78, 5) is 0. The van der Waals surface area contributed by atoms with Gasteiger partial charge in [0, 0.05) is 0 Å². The third kappa shape index (κ3) is 5.69. The summed E-state index contributed by atoms with van der Waals surface area (Å²) in [5.74, 6) is 2.33. The minimum atomic E-state index is -1.31. The summed E-state index contributed by atoms with van der Waals surface area (Å²) in [6, 6.07) is 0. The Morgan fingerprint density at radius 1 is 0.654 bits per heavy atom. The van der Waals surface area contributed by atoms with Gasteiger partial charge in [-0.2, -0.15) is 0 Å². The molecule has 7 rings (SSSR count). The second kappa shape index (κ2) is 13.5. The molecule has 0 bridgehead atoms. The average molecular weight is 735 g/mol. The molecule has 10 heteroatoms. The van der Waals surface area contributed by atoms with Crippen LogP contribution in [0.15, 0.2) is 12.2 Å². The summed E-state index contributed by atoms with van der Waals surface area (Å²) in [6.07, 6.45) is -0.0497. The highest BCUT2D eigenvalue weighted by Crippen LogP contribution is 2.77. The van der Waals surface area contributed by atoms with Gasteiger partial charge in [0.05, 0.1) is 24.9 Å². The second-order valence-corrected chi connectivity index (χ2v) is 20.2. The van der Waals surface area contributed by atoms with Crippen molar-refractivity contribution in [3.63, 3.8) is 0 Å². The first-order chi connectivity index (χ1) is 24.2. The monoisotopic (exact) mass is 734 g/mol. The number of fused-ring (bicyclic) bond motifs is 7. The molecule has 5 saturated carbocycles. The van der Waals surface area contributed by atoms with Gasteiger partial charge in [0.2, 0.25) is 0 Å². The van der Waals surface area contributed by atoms with E-state index in [1.54, 1.807) is 13.8 Å². The number of hydrogen-bond acceptors (Lipinski definition) is 10. The van der Waals surface area contributed by atoms with Crippen molar-refractivity contribution in [1.29, 1.82) is 0 Å². The maximum absolute atomic E-state index is 10.8. The van der Waals surface area contributed by atoms with Crippen molar-refractivity contribution < 1.29 is 49.6 Å². The molecule has 0 aromatic heterocycles. The Bertz CT molecular complexity index is 1340. The van der Waals surface area contributed by atoms with Gasteiger partial charge in [0.15, 0.2) is 12.6 Å². The molecule has 6 N–H and O–H groups in total. The summed E-state index contributed by atoms with van der Waals surface area (Å²) >= 11 is 0. The SMILES string of the molecule is C=C(C)[C@@H]1CC[C@]2(CO[C@@H]3O[C@@H](C)[C@H](O)[C@@H](O)[C@H]3O)CC[C@]3(C)[C@H](CC[C@@H]4[C@@]5(C)CC[C@H](O[C@@H]6O[C@@H](C)[C@H](O)[C@@H](O)[C@H]6O)C(C)(C)[C@@H]5CC[C@]43C)[C@@H]12. The van der Waals surface area contributed by atoms with E-state index in [4.69, 9.17) is 18.9 Å². The van der Waals surface area contributed by atoms with Gasteiger partial charge < -0.3 is 49.6 Å². The Hall–Kier alpha value is -0.660. The fourth-order valence-corrected chi connectivity index (χ4v) is 14.4. The van der Waals surface area contributed by atoms with Gasteiger partial charge >= 0.3 is 0 Å². The lowest BCUT2D eigenvalue weighted by Crippen LogP contribution is -2.67. The van der Waals surface area contributed by atoms with E-state index in [-0.39, 0.29) is 33.2 Å². The normalized spacial score (nSPS) is 57.3. The topological polar surface area (TPSA) is 158 Å². The number of aliphatic hydroxyl groups is 6. The molecule has 7 fully saturated rings. The first-order valence-electron chi connectivity index (χ1n) is 20.6. The van der Waals surface area contributed by atoms with Gasteiger partial charge in [-0.05, 0) is 142 Å². The molecule has 0 unspecified atom stereocenters.